The Kier molecular flexibility index (Phi) is 4.86. The quantitative estimate of drug-likeness (QED) is 0.215. The fourth-order valence-corrected chi connectivity index (χ4v) is 6.63. The van der Waals surface area contributed by atoms with Crippen molar-refractivity contribution in [2.24, 2.45) is 0 Å². The molecule has 0 atom stereocenters. The highest BCUT2D eigenvalue weighted by Crippen LogP contribution is 2.52. The van der Waals surface area contributed by atoms with Gasteiger partial charge >= 0.3 is 0 Å². The molecule has 8 rings (SSSR count). The van der Waals surface area contributed by atoms with E-state index in [2.05, 4.69) is 134 Å². The number of para-hydroxylation sites is 2. The molecule has 2 aromatic heterocycles. The summed E-state index contributed by atoms with van der Waals surface area (Å²) in [7, 11) is 0. The normalized spacial score (nSPS) is 13.9. The Morgan fingerprint density at radius 2 is 1.05 bits per heavy atom. The maximum Gasteiger partial charge on any atom is 0.0985 e. The Balaban J connectivity index is 1.40. The lowest BCUT2D eigenvalue weighted by atomic mass is 9.73. The minimum atomic E-state index is -0.103. The summed E-state index contributed by atoms with van der Waals surface area (Å²) in [6.45, 7) is 4.64. The number of nitrogens with zero attached hydrogens (tertiary/aromatic N) is 3. The Morgan fingerprint density at radius 3 is 1.82 bits per heavy atom. The van der Waals surface area contributed by atoms with Gasteiger partial charge in [0.05, 0.1) is 28.1 Å². The Bertz CT molecular complexity index is 2050. The molecule has 3 nitrogen and oxygen atoms in total. The standard InChI is InChI=1S/C37H27N3/c1-37(2)30-14-5-7-16-33(30)40(34-17-8-6-15-31(34)37)32-21-23-39-36-29(32)19-18-28-27(20-22-38-35(28)36)26-13-9-11-24-10-3-4-12-25(24)26/h3-23H,1-2H3. The first-order chi connectivity index (χ1) is 19.6. The topological polar surface area (TPSA) is 29.0 Å². The van der Waals surface area contributed by atoms with Crippen LogP contribution in [0.4, 0.5) is 17.1 Å². The van der Waals surface area contributed by atoms with Gasteiger partial charge in [0.25, 0.3) is 0 Å². The smallest absolute Gasteiger partial charge is 0.0985 e. The van der Waals surface area contributed by atoms with Gasteiger partial charge in [0.15, 0.2) is 0 Å². The number of fused-ring (bicyclic) bond motifs is 6. The fourth-order valence-electron chi connectivity index (χ4n) is 6.63. The largest absolute Gasteiger partial charge is 0.309 e. The number of pyridine rings is 2. The lowest BCUT2D eigenvalue weighted by Gasteiger charge is -2.42. The van der Waals surface area contributed by atoms with E-state index in [4.69, 9.17) is 9.97 Å². The van der Waals surface area contributed by atoms with E-state index in [0.717, 1.165) is 27.5 Å². The van der Waals surface area contributed by atoms with Crippen molar-refractivity contribution >= 4 is 49.6 Å². The van der Waals surface area contributed by atoms with Crippen LogP contribution in [0.5, 0.6) is 0 Å². The molecule has 5 aromatic carbocycles. The Labute approximate surface area is 233 Å². The van der Waals surface area contributed by atoms with E-state index in [0.29, 0.717) is 0 Å². The summed E-state index contributed by atoms with van der Waals surface area (Å²) in [6, 6.07) is 41.3. The van der Waals surface area contributed by atoms with Gasteiger partial charge in [0.2, 0.25) is 0 Å². The van der Waals surface area contributed by atoms with E-state index >= 15 is 0 Å². The highest BCUT2D eigenvalue weighted by atomic mass is 15.2. The molecular formula is C37H27N3. The number of hydrogen-bond acceptors (Lipinski definition) is 3. The zero-order chi connectivity index (χ0) is 26.8. The molecule has 3 heteroatoms. The van der Waals surface area contributed by atoms with Crippen LogP contribution in [0.3, 0.4) is 0 Å². The fraction of sp³-hybridized carbons (Fsp3) is 0.0811. The van der Waals surface area contributed by atoms with E-state index in [1.54, 1.807) is 0 Å². The molecule has 0 unspecified atom stereocenters. The van der Waals surface area contributed by atoms with Crippen molar-refractivity contribution < 1.29 is 0 Å². The molecule has 0 saturated carbocycles. The minimum Gasteiger partial charge on any atom is -0.309 e. The van der Waals surface area contributed by atoms with Gasteiger partial charge in [-0.25, -0.2) is 0 Å². The summed E-state index contributed by atoms with van der Waals surface area (Å²) in [5.41, 5.74) is 10.3. The van der Waals surface area contributed by atoms with Gasteiger partial charge in [0, 0.05) is 28.6 Å². The van der Waals surface area contributed by atoms with Gasteiger partial charge in [-0.05, 0) is 63.4 Å². The van der Waals surface area contributed by atoms with Crippen molar-refractivity contribution in [3.63, 3.8) is 0 Å². The minimum absolute atomic E-state index is 0.103. The predicted molar refractivity (Wildman–Crippen MR) is 167 cm³/mol. The highest BCUT2D eigenvalue weighted by Gasteiger charge is 2.36. The molecule has 0 spiro atoms. The SMILES string of the molecule is CC1(C)c2ccccc2N(c2ccnc3c2ccc2c(-c4cccc5ccccc45)ccnc23)c2ccccc21. The molecule has 1 aliphatic rings. The van der Waals surface area contributed by atoms with E-state index in [1.807, 2.05) is 12.4 Å². The zero-order valence-corrected chi connectivity index (χ0v) is 22.5. The summed E-state index contributed by atoms with van der Waals surface area (Å²) in [6.07, 6.45) is 3.84. The first-order valence-corrected chi connectivity index (χ1v) is 13.8. The van der Waals surface area contributed by atoms with E-state index in [-0.39, 0.29) is 5.41 Å². The van der Waals surface area contributed by atoms with E-state index < -0.39 is 0 Å². The Hall–Kier alpha value is -5.02. The maximum atomic E-state index is 4.91. The van der Waals surface area contributed by atoms with Crippen LogP contribution in [0, 0.1) is 0 Å². The summed E-state index contributed by atoms with van der Waals surface area (Å²) in [5.74, 6) is 0. The molecule has 190 valence electrons. The molecule has 7 aromatic rings. The number of hydrogen-bond donors (Lipinski definition) is 0. The monoisotopic (exact) mass is 513 g/mol. The van der Waals surface area contributed by atoms with Gasteiger partial charge in [-0.3, -0.25) is 9.97 Å². The van der Waals surface area contributed by atoms with Crippen molar-refractivity contribution in [1.82, 2.24) is 9.97 Å². The first-order valence-electron chi connectivity index (χ1n) is 13.8. The lowest BCUT2D eigenvalue weighted by Crippen LogP contribution is -2.30. The third-order valence-corrected chi connectivity index (χ3v) is 8.56. The van der Waals surface area contributed by atoms with Crippen molar-refractivity contribution in [2.75, 3.05) is 4.90 Å². The van der Waals surface area contributed by atoms with Gasteiger partial charge in [-0.1, -0.05) is 98.8 Å². The van der Waals surface area contributed by atoms with Crippen LogP contribution in [0.1, 0.15) is 25.0 Å². The number of benzene rings is 5. The third-order valence-electron chi connectivity index (χ3n) is 8.56. The highest BCUT2D eigenvalue weighted by molar-refractivity contribution is 6.14. The maximum absolute atomic E-state index is 4.91. The van der Waals surface area contributed by atoms with E-state index in [9.17, 15) is 0 Å². The molecule has 0 N–H and O–H groups in total. The summed E-state index contributed by atoms with van der Waals surface area (Å²) < 4.78 is 0. The van der Waals surface area contributed by atoms with Crippen molar-refractivity contribution in [1.29, 1.82) is 0 Å². The van der Waals surface area contributed by atoms with Crippen LogP contribution in [0.2, 0.25) is 0 Å². The van der Waals surface area contributed by atoms with Crippen molar-refractivity contribution in [3.8, 4) is 11.1 Å². The number of anilines is 3. The van der Waals surface area contributed by atoms with Crippen molar-refractivity contribution in [2.45, 2.75) is 19.3 Å². The van der Waals surface area contributed by atoms with Gasteiger partial charge in [0.1, 0.15) is 0 Å². The van der Waals surface area contributed by atoms with Crippen LogP contribution in [-0.4, -0.2) is 9.97 Å². The molecule has 1 aliphatic heterocycles. The Morgan fingerprint density at radius 1 is 0.475 bits per heavy atom. The van der Waals surface area contributed by atoms with Gasteiger partial charge in [-0.2, -0.15) is 0 Å². The van der Waals surface area contributed by atoms with Crippen LogP contribution >= 0.6 is 0 Å². The van der Waals surface area contributed by atoms with Crippen molar-refractivity contribution in [3.05, 3.63) is 139 Å². The molecule has 3 heterocycles. The summed E-state index contributed by atoms with van der Waals surface area (Å²) in [5, 5.41) is 4.67. The molecule has 40 heavy (non-hydrogen) atoms. The molecule has 0 bridgehead atoms. The third kappa shape index (κ3) is 3.18. The van der Waals surface area contributed by atoms with E-state index in [1.165, 1.54) is 44.4 Å². The molecule has 0 amide bonds. The molecule has 0 radical (unpaired) electrons. The predicted octanol–water partition coefficient (Wildman–Crippen LogP) is 9.71. The average molecular weight is 514 g/mol. The second-order valence-corrected chi connectivity index (χ2v) is 11.1. The molecule has 0 fully saturated rings. The summed E-state index contributed by atoms with van der Waals surface area (Å²) in [4.78, 5) is 12.2. The van der Waals surface area contributed by atoms with Crippen LogP contribution < -0.4 is 4.90 Å². The molecular weight excluding hydrogens is 486 g/mol. The lowest BCUT2D eigenvalue weighted by molar-refractivity contribution is 0.632. The molecule has 0 aliphatic carbocycles. The van der Waals surface area contributed by atoms with Crippen LogP contribution in [0.15, 0.2) is 128 Å². The second kappa shape index (κ2) is 8.49. The van der Waals surface area contributed by atoms with Gasteiger partial charge < -0.3 is 4.90 Å². The van der Waals surface area contributed by atoms with Crippen LogP contribution in [-0.2, 0) is 5.41 Å². The molecule has 0 saturated heterocycles. The number of rotatable bonds is 2. The zero-order valence-electron chi connectivity index (χ0n) is 22.5. The first kappa shape index (κ1) is 22.9. The number of aromatic nitrogens is 2. The van der Waals surface area contributed by atoms with Crippen LogP contribution in [0.25, 0.3) is 43.7 Å². The average Bonchev–Trinajstić information content (AvgIpc) is 3.01. The second-order valence-electron chi connectivity index (χ2n) is 11.1. The van der Waals surface area contributed by atoms with Gasteiger partial charge in [-0.15, -0.1) is 0 Å². The summed E-state index contributed by atoms with van der Waals surface area (Å²) >= 11 is 0.